The standard InChI is InChI=1S/C20H25N3O2/c1-15-14-23(7-9-24-15)20-5-3-17(13-22-20)12-21-11-16-2-4-19-18(10-16)6-8-25-19/h2-5,10,13,15,21H,6-9,11-12,14H2,1H3/t15-/m0/s1. The molecule has 1 atom stereocenters. The molecule has 4 rings (SSSR count). The van der Waals surface area contributed by atoms with Gasteiger partial charge in [-0.25, -0.2) is 4.98 Å². The third-order valence-electron chi connectivity index (χ3n) is 4.79. The predicted molar refractivity (Wildman–Crippen MR) is 98.0 cm³/mol. The quantitative estimate of drug-likeness (QED) is 0.907. The first-order valence-corrected chi connectivity index (χ1v) is 9.05. The number of nitrogens with one attached hydrogen (secondary N) is 1. The zero-order valence-corrected chi connectivity index (χ0v) is 14.7. The molecule has 2 aliphatic rings. The Kier molecular flexibility index (Phi) is 4.85. The smallest absolute Gasteiger partial charge is 0.128 e. The SMILES string of the molecule is C[C@H]1CN(c2ccc(CNCc3ccc4c(c3)CCO4)cn2)CCO1. The Hall–Kier alpha value is -2.11. The number of morpholine rings is 1. The van der Waals surface area contributed by atoms with Gasteiger partial charge in [-0.1, -0.05) is 18.2 Å². The molecule has 132 valence electrons. The largest absolute Gasteiger partial charge is 0.493 e. The third kappa shape index (κ3) is 3.94. The fraction of sp³-hybridized carbons (Fsp3) is 0.450. The van der Waals surface area contributed by atoms with E-state index in [1.807, 2.05) is 6.20 Å². The van der Waals surface area contributed by atoms with Crippen LogP contribution < -0.4 is 15.0 Å². The van der Waals surface area contributed by atoms with E-state index in [1.54, 1.807) is 0 Å². The Morgan fingerprint density at radius 1 is 1.16 bits per heavy atom. The molecule has 0 aliphatic carbocycles. The molecule has 2 aromatic rings. The second-order valence-electron chi connectivity index (χ2n) is 6.80. The van der Waals surface area contributed by atoms with Gasteiger partial charge in [-0.15, -0.1) is 0 Å². The number of pyridine rings is 1. The molecule has 0 unspecified atom stereocenters. The van der Waals surface area contributed by atoms with Crippen molar-refractivity contribution >= 4 is 5.82 Å². The molecule has 0 spiro atoms. The van der Waals surface area contributed by atoms with Crippen molar-refractivity contribution in [3.63, 3.8) is 0 Å². The minimum atomic E-state index is 0.273. The summed E-state index contributed by atoms with van der Waals surface area (Å²) < 4.78 is 11.1. The number of rotatable bonds is 5. The summed E-state index contributed by atoms with van der Waals surface area (Å²) >= 11 is 0. The van der Waals surface area contributed by atoms with Crippen LogP contribution in [0.25, 0.3) is 0 Å². The highest BCUT2D eigenvalue weighted by Gasteiger charge is 2.17. The third-order valence-corrected chi connectivity index (χ3v) is 4.79. The lowest BCUT2D eigenvalue weighted by molar-refractivity contribution is 0.0529. The van der Waals surface area contributed by atoms with Crippen molar-refractivity contribution in [1.29, 1.82) is 0 Å². The first kappa shape index (κ1) is 16.4. The average molecular weight is 339 g/mol. The van der Waals surface area contributed by atoms with Gasteiger partial charge in [0.25, 0.3) is 0 Å². The van der Waals surface area contributed by atoms with E-state index in [0.29, 0.717) is 0 Å². The van der Waals surface area contributed by atoms with Gasteiger partial charge >= 0.3 is 0 Å². The van der Waals surface area contributed by atoms with E-state index < -0.39 is 0 Å². The summed E-state index contributed by atoms with van der Waals surface area (Å²) in [5.41, 5.74) is 3.83. The Labute approximate surface area is 149 Å². The van der Waals surface area contributed by atoms with Gasteiger partial charge in [0.1, 0.15) is 11.6 Å². The minimum absolute atomic E-state index is 0.273. The number of anilines is 1. The summed E-state index contributed by atoms with van der Waals surface area (Å²) in [6.45, 7) is 7.19. The molecular formula is C20H25N3O2. The van der Waals surface area contributed by atoms with Crippen molar-refractivity contribution in [2.45, 2.75) is 32.5 Å². The normalized spacial score (nSPS) is 19.6. The maximum Gasteiger partial charge on any atom is 0.128 e. The lowest BCUT2D eigenvalue weighted by atomic mass is 10.1. The number of hydrogen-bond donors (Lipinski definition) is 1. The van der Waals surface area contributed by atoms with Crippen molar-refractivity contribution in [3.8, 4) is 5.75 Å². The Balaban J connectivity index is 1.29. The fourth-order valence-electron chi connectivity index (χ4n) is 3.44. The van der Waals surface area contributed by atoms with Crippen LogP contribution in [0.5, 0.6) is 5.75 Å². The van der Waals surface area contributed by atoms with Gasteiger partial charge in [-0.3, -0.25) is 0 Å². The number of ether oxygens (including phenoxy) is 2. The van der Waals surface area contributed by atoms with Crippen molar-refractivity contribution in [3.05, 3.63) is 53.2 Å². The van der Waals surface area contributed by atoms with Gasteiger partial charge in [-0.05, 0) is 35.7 Å². The lowest BCUT2D eigenvalue weighted by Crippen LogP contribution is -2.41. The first-order chi connectivity index (χ1) is 12.3. The van der Waals surface area contributed by atoms with E-state index in [-0.39, 0.29) is 6.10 Å². The van der Waals surface area contributed by atoms with Gasteiger partial charge in [0, 0.05) is 38.8 Å². The summed E-state index contributed by atoms with van der Waals surface area (Å²) in [5.74, 6) is 2.08. The lowest BCUT2D eigenvalue weighted by Gasteiger charge is -2.32. The van der Waals surface area contributed by atoms with Crippen LogP contribution in [0.1, 0.15) is 23.6 Å². The highest BCUT2D eigenvalue weighted by molar-refractivity contribution is 5.41. The first-order valence-electron chi connectivity index (χ1n) is 9.05. The molecule has 1 aromatic heterocycles. The van der Waals surface area contributed by atoms with Crippen LogP contribution in [0.3, 0.4) is 0 Å². The van der Waals surface area contributed by atoms with Crippen molar-refractivity contribution in [1.82, 2.24) is 10.3 Å². The fourth-order valence-corrected chi connectivity index (χ4v) is 3.44. The molecule has 3 heterocycles. The molecule has 1 N–H and O–H groups in total. The van der Waals surface area contributed by atoms with E-state index in [2.05, 4.69) is 52.5 Å². The molecule has 5 nitrogen and oxygen atoms in total. The van der Waals surface area contributed by atoms with Crippen LogP contribution >= 0.6 is 0 Å². The topological polar surface area (TPSA) is 46.6 Å². The monoisotopic (exact) mass is 339 g/mol. The van der Waals surface area contributed by atoms with Crippen LogP contribution in [-0.2, 0) is 24.2 Å². The zero-order chi connectivity index (χ0) is 17.1. The summed E-state index contributed by atoms with van der Waals surface area (Å²) in [6, 6.07) is 10.7. The Morgan fingerprint density at radius 3 is 2.88 bits per heavy atom. The molecule has 0 radical (unpaired) electrons. The molecule has 0 saturated carbocycles. The number of nitrogens with zero attached hydrogens (tertiary/aromatic N) is 2. The molecular weight excluding hydrogens is 314 g/mol. The number of hydrogen-bond acceptors (Lipinski definition) is 5. The molecule has 0 amide bonds. The Morgan fingerprint density at radius 2 is 2.04 bits per heavy atom. The van der Waals surface area contributed by atoms with E-state index in [4.69, 9.17) is 9.47 Å². The van der Waals surface area contributed by atoms with E-state index in [0.717, 1.165) is 57.4 Å². The van der Waals surface area contributed by atoms with Gasteiger partial charge < -0.3 is 19.7 Å². The maximum atomic E-state index is 5.59. The van der Waals surface area contributed by atoms with Crippen molar-refractivity contribution in [2.75, 3.05) is 31.2 Å². The van der Waals surface area contributed by atoms with Gasteiger partial charge in [0.15, 0.2) is 0 Å². The predicted octanol–water partition coefficient (Wildman–Crippen LogP) is 2.53. The van der Waals surface area contributed by atoms with Crippen LogP contribution in [0.15, 0.2) is 36.5 Å². The molecule has 1 aromatic carbocycles. The second kappa shape index (κ2) is 7.42. The van der Waals surface area contributed by atoms with E-state index in [9.17, 15) is 0 Å². The van der Waals surface area contributed by atoms with Gasteiger partial charge in [-0.2, -0.15) is 0 Å². The maximum absolute atomic E-state index is 5.59. The summed E-state index contributed by atoms with van der Waals surface area (Å²) in [6.07, 6.45) is 3.27. The van der Waals surface area contributed by atoms with Crippen LogP contribution in [0, 0.1) is 0 Å². The van der Waals surface area contributed by atoms with Crippen LogP contribution in [0.4, 0.5) is 5.82 Å². The highest BCUT2D eigenvalue weighted by Crippen LogP contribution is 2.25. The average Bonchev–Trinajstić information content (AvgIpc) is 3.10. The number of aromatic nitrogens is 1. The van der Waals surface area contributed by atoms with Crippen LogP contribution in [0.2, 0.25) is 0 Å². The molecule has 2 aliphatic heterocycles. The Bertz CT molecular complexity index is 717. The number of benzene rings is 1. The minimum Gasteiger partial charge on any atom is -0.493 e. The molecule has 5 heteroatoms. The summed E-state index contributed by atoms with van der Waals surface area (Å²) in [7, 11) is 0. The van der Waals surface area contributed by atoms with Gasteiger partial charge in [0.2, 0.25) is 0 Å². The summed E-state index contributed by atoms with van der Waals surface area (Å²) in [5, 5.41) is 3.50. The summed E-state index contributed by atoms with van der Waals surface area (Å²) in [4.78, 5) is 6.91. The van der Waals surface area contributed by atoms with Crippen LogP contribution in [-0.4, -0.2) is 37.4 Å². The molecule has 0 bridgehead atoms. The van der Waals surface area contributed by atoms with Gasteiger partial charge in [0.05, 0.1) is 19.3 Å². The second-order valence-corrected chi connectivity index (χ2v) is 6.80. The molecule has 1 saturated heterocycles. The molecule has 1 fully saturated rings. The van der Waals surface area contributed by atoms with E-state index >= 15 is 0 Å². The van der Waals surface area contributed by atoms with Crippen molar-refractivity contribution < 1.29 is 9.47 Å². The highest BCUT2D eigenvalue weighted by atomic mass is 16.5. The molecule has 25 heavy (non-hydrogen) atoms. The zero-order valence-electron chi connectivity index (χ0n) is 14.7. The number of fused-ring (bicyclic) bond motifs is 1. The van der Waals surface area contributed by atoms with E-state index in [1.165, 1.54) is 16.7 Å². The van der Waals surface area contributed by atoms with Crippen molar-refractivity contribution in [2.24, 2.45) is 0 Å².